The van der Waals surface area contributed by atoms with Crippen LogP contribution in [0.1, 0.15) is 16.1 Å². The number of anilines is 1. The van der Waals surface area contributed by atoms with Crippen molar-refractivity contribution in [2.24, 2.45) is 0 Å². The molecule has 0 atom stereocenters. The molecule has 1 heterocycles. The van der Waals surface area contributed by atoms with Gasteiger partial charge < -0.3 is 5.32 Å². The lowest BCUT2D eigenvalue weighted by Gasteiger charge is -2.09. The van der Waals surface area contributed by atoms with Crippen molar-refractivity contribution in [3.05, 3.63) is 125 Å². The van der Waals surface area contributed by atoms with E-state index in [0.29, 0.717) is 16.4 Å². The minimum absolute atomic E-state index is 0.296. The third-order valence-corrected chi connectivity index (χ3v) is 5.83. The maximum Gasteiger partial charge on any atom is 0.276 e. The van der Waals surface area contributed by atoms with E-state index in [1.807, 2.05) is 60.1 Å². The molecule has 166 valence electrons. The lowest BCUT2D eigenvalue weighted by Crippen LogP contribution is -2.13. The molecule has 0 saturated carbocycles. The molecule has 0 aliphatic heterocycles. The van der Waals surface area contributed by atoms with E-state index in [2.05, 4.69) is 46.8 Å². The standard InChI is InChI=1S/C29H22ClN3O/c1-20-10-16-26(17-11-20)33-28(23-14-12-22(13-15-23)21-6-3-2-4-7-21)19-27(32-33)29(34)31-25-9-5-8-24(30)18-25/h2-19H,1H3,(H,31,34). The van der Waals surface area contributed by atoms with Gasteiger partial charge in [-0.2, -0.15) is 5.10 Å². The van der Waals surface area contributed by atoms with Gasteiger partial charge in [0.15, 0.2) is 5.69 Å². The number of carbonyl (C=O) groups excluding carboxylic acids is 1. The summed E-state index contributed by atoms with van der Waals surface area (Å²) in [4.78, 5) is 13.0. The van der Waals surface area contributed by atoms with E-state index >= 15 is 0 Å². The molecule has 0 unspecified atom stereocenters. The summed E-state index contributed by atoms with van der Waals surface area (Å²) >= 11 is 6.06. The topological polar surface area (TPSA) is 46.9 Å². The molecule has 0 aliphatic carbocycles. The zero-order valence-corrected chi connectivity index (χ0v) is 19.3. The van der Waals surface area contributed by atoms with Crippen LogP contribution in [-0.2, 0) is 0 Å². The second-order valence-electron chi connectivity index (χ2n) is 8.07. The molecule has 0 aliphatic rings. The Morgan fingerprint density at radius 3 is 2.15 bits per heavy atom. The van der Waals surface area contributed by atoms with Gasteiger partial charge in [0, 0.05) is 16.3 Å². The molecular formula is C29H22ClN3O. The Morgan fingerprint density at radius 1 is 0.765 bits per heavy atom. The zero-order chi connectivity index (χ0) is 23.5. The minimum atomic E-state index is -0.296. The molecule has 5 rings (SSSR count). The van der Waals surface area contributed by atoms with Gasteiger partial charge in [-0.3, -0.25) is 4.79 Å². The molecule has 4 nitrogen and oxygen atoms in total. The number of hydrogen-bond donors (Lipinski definition) is 1. The normalized spacial score (nSPS) is 10.8. The van der Waals surface area contributed by atoms with Gasteiger partial charge in [-0.25, -0.2) is 4.68 Å². The van der Waals surface area contributed by atoms with Gasteiger partial charge in [-0.05, 0) is 54.4 Å². The second-order valence-corrected chi connectivity index (χ2v) is 8.51. The summed E-state index contributed by atoms with van der Waals surface area (Å²) in [6, 6.07) is 35.5. The Labute approximate surface area is 203 Å². The van der Waals surface area contributed by atoms with Crippen molar-refractivity contribution < 1.29 is 4.79 Å². The fourth-order valence-electron chi connectivity index (χ4n) is 3.81. The average Bonchev–Trinajstić information content (AvgIpc) is 3.31. The summed E-state index contributed by atoms with van der Waals surface area (Å²) in [5.41, 5.74) is 7.07. The van der Waals surface area contributed by atoms with Crippen LogP contribution in [0, 0.1) is 6.92 Å². The fourth-order valence-corrected chi connectivity index (χ4v) is 4.00. The zero-order valence-electron chi connectivity index (χ0n) is 18.6. The Balaban J connectivity index is 1.53. The number of aryl methyl sites for hydroxylation is 1. The lowest BCUT2D eigenvalue weighted by atomic mass is 10.0. The molecule has 0 spiro atoms. The van der Waals surface area contributed by atoms with Gasteiger partial charge in [0.1, 0.15) is 0 Å². The SMILES string of the molecule is Cc1ccc(-n2nc(C(=O)Nc3cccc(Cl)c3)cc2-c2ccc(-c3ccccc3)cc2)cc1. The summed E-state index contributed by atoms with van der Waals surface area (Å²) in [5, 5.41) is 8.10. The van der Waals surface area contributed by atoms with Crippen molar-refractivity contribution in [3.8, 4) is 28.1 Å². The number of aromatic nitrogens is 2. The van der Waals surface area contributed by atoms with Crippen molar-refractivity contribution in [1.82, 2.24) is 9.78 Å². The largest absolute Gasteiger partial charge is 0.321 e. The average molecular weight is 464 g/mol. The Hall–Kier alpha value is -4.15. The van der Waals surface area contributed by atoms with Gasteiger partial charge in [0.25, 0.3) is 5.91 Å². The van der Waals surface area contributed by atoms with Crippen LogP contribution in [0.15, 0.2) is 109 Å². The number of halogens is 1. The predicted molar refractivity (Wildman–Crippen MR) is 139 cm³/mol. The maximum absolute atomic E-state index is 13.0. The van der Waals surface area contributed by atoms with Gasteiger partial charge in [0.05, 0.1) is 11.4 Å². The monoisotopic (exact) mass is 463 g/mol. The summed E-state index contributed by atoms with van der Waals surface area (Å²) in [7, 11) is 0. The first-order valence-corrected chi connectivity index (χ1v) is 11.3. The van der Waals surface area contributed by atoms with E-state index in [9.17, 15) is 4.79 Å². The van der Waals surface area contributed by atoms with Crippen molar-refractivity contribution >= 4 is 23.2 Å². The van der Waals surface area contributed by atoms with Crippen molar-refractivity contribution in [1.29, 1.82) is 0 Å². The van der Waals surface area contributed by atoms with E-state index in [0.717, 1.165) is 33.6 Å². The van der Waals surface area contributed by atoms with E-state index in [4.69, 9.17) is 11.6 Å². The Morgan fingerprint density at radius 2 is 1.44 bits per heavy atom. The van der Waals surface area contributed by atoms with Crippen LogP contribution in [0.2, 0.25) is 5.02 Å². The third kappa shape index (κ3) is 4.63. The molecule has 1 aromatic heterocycles. The van der Waals surface area contributed by atoms with E-state index in [1.165, 1.54) is 0 Å². The highest BCUT2D eigenvalue weighted by atomic mass is 35.5. The first-order chi connectivity index (χ1) is 16.6. The number of nitrogens with zero attached hydrogens (tertiary/aromatic N) is 2. The van der Waals surface area contributed by atoms with Crippen LogP contribution >= 0.6 is 11.6 Å². The third-order valence-electron chi connectivity index (χ3n) is 5.59. The number of carbonyl (C=O) groups is 1. The van der Waals surface area contributed by atoms with Crippen LogP contribution in [-0.4, -0.2) is 15.7 Å². The Kier molecular flexibility index (Phi) is 5.98. The van der Waals surface area contributed by atoms with Crippen LogP contribution in [0.25, 0.3) is 28.1 Å². The van der Waals surface area contributed by atoms with Gasteiger partial charge in [-0.15, -0.1) is 0 Å². The van der Waals surface area contributed by atoms with Crippen molar-refractivity contribution in [2.75, 3.05) is 5.32 Å². The van der Waals surface area contributed by atoms with Crippen LogP contribution < -0.4 is 5.32 Å². The molecule has 34 heavy (non-hydrogen) atoms. The lowest BCUT2D eigenvalue weighted by molar-refractivity contribution is 0.102. The van der Waals surface area contributed by atoms with Crippen molar-refractivity contribution in [2.45, 2.75) is 6.92 Å². The molecule has 0 bridgehead atoms. The smallest absolute Gasteiger partial charge is 0.276 e. The molecule has 4 aromatic carbocycles. The predicted octanol–water partition coefficient (Wildman–Crippen LogP) is 7.42. The molecule has 0 radical (unpaired) electrons. The van der Waals surface area contributed by atoms with Crippen LogP contribution in [0.5, 0.6) is 0 Å². The minimum Gasteiger partial charge on any atom is -0.321 e. The number of nitrogens with one attached hydrogen (secondary N) is 1. The molecule has 5 heteroatoms. The summed E-state index contributed by atoms with van der Waals surface area (Å²) < 4.78 is 1.81. The van der Waals surface area contributed by atoms with Gasteiger partial charge in [-0.1, -0.05) is 90.0 Å². The number of amides is 1. The summed E-state index contributed by atoms with van der Waals surface area (Å²) in [6.07, 6.45) is 0. The molecule has 1 amide bonds. The van der Waals surface area contributed by atoms with Crippen LogP contribution in [0.4, 0.5) is 5.69 Å². The quantitative estimate of drug-likeness (QED) is 0.294. The molecular weight excluding hydrogens is 442 g/mol. The van der Waals surface area contributed by atoms with Crippen molar-refractivity contribution in [3.63, 3.8) is 0 Å². The molecule has 5 aromatic rings. The highest BCUT2D eigenvalue weighted by Crippen LogP contribution is 2.28. The van der Waals surface area contributed by atoms with E-state index in [1.54, 1.807) is 24.3 Å². The first-order valence-electron chi connectivity index (χ1n) is 11.0. The van der Waals surface area contributed by atoms with Crippen LogP contribution in [0.3, 0.4) is 0 Å². The number of rotatable bonds is 5. The molecule has 1 N–H and O–H groups in total. The summed E-state index contributed by atoms with van der Waals surface area (Å²) in [5.74, 6) is -0.296. The number of hydrogen-bond acceptors (Lipinski definition) is 2. The highest BCUT2D eigenvalue weighted by Gasteiger charge is 2.17. The fraction of sp³-hybridized carbons (Fsp3) is 0.0345. The van der Waals surface area contributed by atoms with Gasteiger partial charge in [0.2, 0.25) is 0 Å². The molecule has 0 fully saturated rings. The maximum atomic E-state index is 13.0. The number of benzene rings is 4. The first kappa shape index (κ1) is 21.7. The summed E-state index contributed by atoms with van der Waals surface area (Å²) in [6.45, 7) is 2.04. The highest BCUT2D eigenvalue weighted by molar-refractivity contribution is 6.31. The molecule has 0 saturated heterocycles. The van der Waals surface area contributed by atoms with E-state index in [-0.39, 0.29) is 5.91 Å². The van der Waals surface area contributed by atoms with Gasteiger partial charge >= 0.3 is 0 Å². The van der Waals surface area contributed by atoms with E-state index < -0.39 is 0 Å². The Bertz CT molecular complexity index is 1440. The second kappa shape index (κ2) is 9.38.